The van der Waals surface area contributed by atoms with E-state index in [4.69, 9.17) is 10.0 Å². The van der Waals surface area contributed by atoms with Gasteiger partial charge in [-0.25, -0.2) is 0 Å². The average molecular weight is 187 g/mol. The maximum absolute atomic E-state index is 9.08. The zero-order chi connectivity index (χ0) is 10.1. The topological polar surface area (TPSA) is 53.4 Å². The Kier molecular flexibility index (Phi) is 2.23. The quantitative estimate of drug-likeness (QED) is 0.628. The molecular weight excluding hydrogens is 177 g/mol. The highest BCUT2D eigenvalue weighted by molar-refractivity contribution is 6.59. The van der Waals surface area contributed by atoms with Crippen molar-refractivity contribution in [3.8, 4) is 0 Å². The van der Waals surface area contributed by atoms with Crippen LogP contribution in [0.3, 0.4) is 0 Å². The Balaban J connectivity index is 2.75. The normalized spacial score (nSPS) is 10.5. The summed E-state index contributed by atoms with van der Waals surface area (Å²) in [5, 5.41) is 19.1. The zero-order valence-corrected chi connectivity index (χ0v) is 7.81. The van der Waals surface area contributed by atoms with Crippen LogP contribution < -0.4 is 5.46 Å². The van der Waals surface area contributed by atoms with Crippen LogP contribution in [0.2, 0.25) is 0 Å². The Morgan fingerprint density at radius 2 is 1.93 bits per heavy atom. The minimum atomic E-state index is -1.45. The summed E-state index contributed by atoms with van der Waals surface area (Å²) in [6.07, 6.45) is 1.50. The highest BCUT2D eigenvalue weighted by atomic mass is 16.4. The number of hydrogen-bond donors (Lipinski definition) is 2. The smallest absolute Gasteiger partial charge is 0.423 e. The van der Waals surface area contributed by atoms with Gasteiger partial charge in [0, 0.05) is 17.0 Å². The fourth-order valence-corrected chi connectivity index (χ4v) is 1.56. The molecule has 1 aromatic heterocycles. The molecule has 2 aromatic rings. The zero-order valence-electron chi connectivity index (χ0n) is 7.81. The van der Waals surface area contributed by atoms with Crippen molar-refractivity contribution in [1.82, 2.24) is 4.98 Å². The van der Waals surface area contributed by atoms with E-state index in [9.17, 15) is 0 Å². The third kappa shape index (κ3) is 1.39. The second-order valence-electron chi connectivity index (χ2n) is 3.23. The molecule has 0 saturated heterocycles. The van der Waals surface area contributed by atoms with Crippen LogP contribution in [0.1, 0.15) is 5.56 Å². The van der Waals surface area contributed by atoms with Gasteiger partial charge in [0.2, 0.25) is 0 Å². The predicted molar refractivity (Wildman–Crippen MR) is 56.3 cm³/mol. The number of aryl methyl sites for hydroxylation is 1. The molecule has 0 amide bonds. The van der Waals surface area contributed by atoms with Gasteiger partial charge in [-0.05, 0) is 18.6 Å². The van der Waals surface area contributed by atoms with Crippen molar-refractivity contribution in [2.45, 2.75) is 6.92 Å². The maximum Gasteiger partial charge on any atom is 0.490 e. The lowest BCUT2D eigenvalue weighted by Gasteiger charge is -2.06. The molecule has 0 aliphatic carbocycles. The Morgan fingerprint density at radius 1 is 1.21 bits per heavy atom. The second-order valence-corrected chi connectivity index (χ2v) is 3.23. The highest BCUT2D eigenvalue weighted by Gasteiger charge is 2.15. The number of para-hydroxylation sites is 1. The Morgan fingerprint density at radius 3 is 2.64 bits per heavy atom. The lowest BCUT2D eigenvalue weighted by molar-refractivity contribution is 0.425. The highest BCUT2D eigenvalue weighted by Crippen LogP contribution is 2.13. The van der Waals surface area contributed by atoms with Crippen molar-refractivity contribution in [2.75, 3.05) is 0 Å². The van der Waals surface area contributed by atoms with E-state index >= 15 is 0 Å². The van der Waals surface area contributed by atoms with Crippen LogP contribution in [0, 0.1) is 6.92 Å². The number of pyridine rings is 1. The number of benzene rings is 1. The van der Waals surface area contributed by atoms with Gasteiger partial charge in [-0.2, -0.15) is 0 Å². The summed E-state index contributed by atoms with van der Waals surface area (Å²) in [7, 11) is -1.45. The second kappa shape index (κ2) is 3.40. The molecule has 70 valence electrons. The molecule has 0 bridgehead atoms. The summed E-state index contributed by atoms with van der Waals surface area (Å²) in [5.41, 5.74) is 2.20. The predicted octanol–water partition coefficient (Wildman–Crippen LogP) is 0.223. The van der Waals surface area contributed by atoms with E-state index in [1.54, 1.807) is 0 Å². The van der Waals surface area contributed by atoms with Gasteiger partial charge in [0.1, 0.15) is 0 Å². The Bertz CT molecular complexity index is 471. The van der Waals surface area contributed by atoms with Gasteiger partial charge in [-0.15, -0.1) is 0 Å². The fourth-order valence-electron chi connectivity index (χ4n) is 1.56. The van der Waals surface area contributed by atoms with Crippen LogP contribution in [-0.4, -0.2) is 22.2 Å². The molecule has 14 heavy (non-hydrogen) atoms. The summed E-state index contributed by atoms with van der Waals surface area (Å²) < 4.78 is 0. The molecule has 0 aliphatic rings. The number of rotatable bonds is 1. The molecule has 0 unspecified atom stereocenters. The average Bonchev–Trinajstić information content (AvgIpc) is 2.18. The minimum Gasteiger partial charge on any atom is -0.423 e. The first-order valence-electron chi connectivity index (χ1n) is 4.40. The Hall–Kier alpha value is -1.39. The standard InChI is InChI=1S/C10H10BNO2/c1-7-8-4-2-3-5-10(8)12-6-9(7)11(13)14/h2-6,13-14H,1H3. The molecule has 0 atom stereocenters. The van der Waals surface area contributed by atoms with Crippen LogP contribution in [0.25, 0.3) is 10.9 Å². The van der Waals surface area contributed by atoms with Crippen molar-refractivity contribution in [2.24, 2.45) is 0 Å². The molecule has 4 heteroatoms. The molecule has 0 radical (unpaired) electrons. The molecule has 0 saturated carbocycles. The minimum absolute atomic E-state index is 0.462. The summed E-state index contributed by atoms with van der Waals surface area (Å²) in [4.78, 5) is 4.14. The van der Waals surface area contributed by atoms with E-state index in [0.717, 1.165) is 16.5 Å². The van der Waals surface area contributed by atoms with Gasteiger partial charge in [-0.3, -0.25) is 4.98 Å². The summed E-state index contributed by atoms with van der Waals surface area (Å²) >= 11 is 0. The molecule has 2 rings (SSSR count). The van der Waals surface area contributed by atoms with E-state index in [-0.39, 0.29) is 0 Å². The van der Waals surface area contributed by atoms with Crippen molar-refractivity contribution in [3.63, 3.8) is 0 Å². The van der Waals surface area contributed by atoms with Gasteiger partial charge >= 0.3 is 7.12 Å². The van der Waals surface area contributed by atoms with Crippen LogP contribution >= 0.6 is 0 Å². The van der Waals surface area contributed by atoms with E-state index in [2.05, 4.69) is 4.98 Å². The Labute approximate surface area is 82.2 Å². The van der Waals surface area contributed by atoms with Gasteiger partial charge in [-0.1, -0.05) is 18.2 Å². The molecule has 3 nitrogen and oxygen atoms in total. The third-order valence-corrected chi connectivity index (χ3v) is 2.36. The van der Waals surface area contributed by atoms with E-state index < -0.39 is 7.12 Å². The van der Waals surface area contributed by atoms with E-state index in [0.29, 0.717) is 5.46 Å². The third-order valence-electron chi connectivity index (χ3n) is 2.36. The van der Waals surface area contributed by atoms with Crippen LogP contribution in [-0.2, 0) is 0 Å². The maximum atomic E-state index is 9.08. The molecule has 0 spiro atoms. The first kappa shape index (κ1) is 9.18. The molecule has 1 heterocycles. The molecular formula is C10H10BNO2. The van der Waals surface area contributed by atoms with Gasteiger partial charge < -0.3 is 10.0 Å². The number of aromatic nitrogens is 1. The lowest BCUT2D eigenvalue weighted by atomic mass is 9.77. The summed E-state index contributed by atoms with van der Waals surface area (Å²) in [6, 6.07) is 7.63. The first-order chi connectivity index (χ1) is 6.70. The van der Waals surface area contributed by atoms with Gasteiger partial charge in [0.15, 0.2) is 0 Å². The van der Waals surface area contributed by atoms with Crippen LogP contribution in [0.15, 0.2) is 30.5 Å². The van der Waals surface area contributed by atoms with E-state index in [1.807, 2.05) is 31.2 Å². The molecule has 0 aliphatic heterocycles. The monoisotopic (exact) mass is 187 g/mol. The van der Waals surface area contributed by atoms with Crippen molar-refractivity contribution >= 4 is 23.5 Å². The molecule has 2 N–H and O–H groups in total. The van der Waals surface area contributed by atoms with Crippen LogP contribution in [0.4, 0.5) is 0 Å². The van der Waals surface area contributed by atoms with Crippen molar-refractivity contribution in [1.29, 1.82) is 0 Å². The number of hydrogen-bond acceptors (Lipinski definition) is 3. The largest absolute Gasteiger partial charge is 0.490 e. The van der Waals surface area contributed by atoms with Crippen molar-refractivity contribution in [3.05, 3.63) is 36.0 Å². The van der Waals surface area contributed by atoms with Crippen molar-refractivity contribution < 1.29 is 10.0 Å². The SMILES string of the molecule is Cc1c(B(O)O)cnc2ccccc12. The number of fused-ring (bicyclic) bond motifs is 1. The van der Waals surface area contributed by atoms with E-state index in [1.165, 1.54) is 6.20 Å². The first-order valence-corrected chi connectivity index (χ1v) is 4.40. The number of nitrogens with zero attached hydrogens (tertiary/aromatic N) is 1. The summed E-state index contributed by atoms with van der Waals surface area (Å²) in [6.45, 7) is 1.86. The van der Waals surface area contributed by atoms with Gasteiger partial charge in [0.25, 0.3) is 0 Å². The molecule has 0 fully saturated rings. The van der Waals surface area contributed by atoms with Gasteiger partial charge in [0.05, 0.1) is 5.52 Å². The fraction of sp³-hybridized carbons (Fsp3) is 0.100. The molecule has 1 aromatic carbocycles. The summed E-state index contributed by atoms with van der Waals surface area (Å²) in [5.74, 6) is 0. The van der Waals surface area contributed by atoms with Crippen LogP contribution in [0.5, 0.6) is 0 Å². The lowest BCUT2D eigenvalue weighted by Crippen LogP contribution is -2.32.